The lowest BCUT2D eigenvalue weighted by molar-refractivity contribution is 0.954. The fourth-order valence-electron chi connectivity index (χ4n) is 23.2. The van der Waals surface area contributed by atoms with E-state index < -0.39 is 0 Å². The molecular weight excluding hydrogens is 1760 g/mol. The first-order valence-corrected chi connectivity index (χ1v) is 49.3. The summed E-state index contributed by atoms with van der Waals surface area (Å²) in [5, 5.41) is 14.9. The highest BCUT2D eigenvalue weighted by molar-refractivity contribution is 6.36. The highest BCUT2D eigenvalue weighted by atomic mass is 15.2. The van der Waals surface area contributed by atoms with E-state index in [9.17, 15) is 0 Å². The maximum Gasteiger partial charge on any atom is 0.238 e. The van der Waals surface area contributed by atoms with E-state index in [-0.39, 0.29) is 0 Å². The Morgan fingerprint density at radius 2 is 0.407 bits per heavy atom. The molecule has 0 bridgehead atoms. The van der Waals surface area contributed by atoms with Crippen molar-refractivity contribution in [2.45, 2.75) is 0 Å². The molecule has 3 aliphatic carbocycles. The minimum absolute atomic E-state index is 0.597. The molecule has 0 saturated heterocycles. The summed E-state index contributed by atoms with van der Waals surface area (Å²) in [6.45, 7) is 0. The third-order valence-corrected chi connectivity index (χ3v) is 29.5. The molecule has 0 saturated carbocycles. The zero-order valence-corrected chi connectivity index (χ0v) is 78.3. The van der Waals surface area contributed by atoms with Crippen molar-refractivity contribution in [1.82, 2.24) is 48.6 Å². The molecule has 0 spiro atoms. The molecule has 31 rings (SSSR count). The van der Waals surface area contributed by atoms with Gasteiger partial charge in [0.1, 0.15) is 5.69 Å². The summed E-state index contributed by atoms with van der Waals surface area (Å²) < 4.78 is 6.93. The van der Waals surface area contributed by atoms with Crippen molar-refractivity contribution in [3.05, 3.63) is 497 Å². The Hall–Kier alpha value is -19.6. The maximum absolute atomic E-state index is 5.49. The molecule has 10 nitrogen and oxygen atoms in total. The number of fused-ring (bicyclic) bond motifs is 10. The van der Waals surface area contributed by atoms with Crippen LogP contribution in [0.3, 0.4) is 0 Å². The molecule has 0 N–H and O–H groups in total. The topological polar surface area (TPSA) is 105 Å². The normalized spacial score (nSPS) is 11.9. The van der Waals surface area contributed by atoms with Crippen LogP contribution >= 0.6 is 0 Å². The van der Waals surface area contributed by atoms with Gasteiger partial charge in [0.15, 0.2) is 17.5 Å². The largest absolute Gasteiger partial charge is 0.292 e. The van der Waals surface area contributed by atoms with Crippen molar-refractivity contribution < 1.29 is 0 Å². The fraction of sp³-hybridized carbons (Fsp3) is 0. The average Bonchev–Trinajstić information content (AvgIpc) is 1.54. The van der Waals surface area contributed by atoms with Crippen molar-refractivity contribution in [3.8, 4) is 186 Å². The Morgan fingerprint density at radius 1 is 0.138 bits per heavy atom. The lowest BCUT2D eigenvalue weighted by atomic mass is 9.90. The van der Waals surface area contributed by atoms with Gasteiger partial charge in [0.25, 0.3) is 0 Å². The number of nitrogens with zero attached hydrogens (tertiary/aromatic N) is 10. The molecule has 0 unspecified atom stereocenters. The maximum atomic E-state index is 5.49. The molecule has 0 amide bonds. The van der Waals surface area contributed by atoms with Gasteiger partial charge in [-0.05, 0) is 188 Å². The third-order valence-electron chi connectivity index (χ3n) is 29.5. The summed E-state index contributed by atoms with van der Waals surface area (Å²) in [4.78, 5) is 36.9. The zero-order valence-electron chi connectivity index (χ0n) is 78.3. The second kappa shape index (κ2) is 33.6. The number of benzene rings is 22. The van der Waals surface area contributed by atoms with Crippen LogP contribution in [0.1, 0.15) is 0 Å². The molecule has 10 heteroatoms. The first-order valence-electron chi connectivity index (χ1n) is 49.3. The second-order valence-electron chi connectivity index (χ2n) is 37.5. The molecule has 22 aromatic carbocycles. The highest BCUT2D eigenvalue weighted by Crippen LogP contribution is 2.57. The van der Waals surface area contributed by atoms with Crippen LogP contribution in [0.5, 0.6) is 0 Å². The van der Waals surface area contributed by atoms with Crippen molar-refractivity contribution in [2.75, 3.05) is 0 Å². The smallest absolute Gasteiger partial charge is 0.238 e. The van der Waals surface area contributed by atoms with Gasteiger partial charge in [0, 0.05) is 76.3 Å². The molecule has 6 aromatic heterocycles. The lowest BCUT2D eigenvalue weighted by Crippen LogP contribution is -2.06. The fourth-order valence-corrected chi connectivity index (χ4v) is 23.2. The number of rotatable bonds is 12. The van der Waals surface area contributed by atoms with E-state index >= 15 is 0 Å². The van der Waals surface area contributed by atoms with E-state index in [2.05, 4.69) is 450 Å². The van der Waals surface area contributed by atoms with Gasteiger partial charge in [0.05, 0.1) is 55.5 Å². The molecule has 0 aliphatic heterocycles. The quantitative estimate of drug-likeness (QED) is 0.120. The Morgan fingerprint density at radius 3 is 0.779 bits per heavy atom. The summed E-state index contributed by atoms with van der Waals surface area (Å²) >= 11 is 0. The molecule has 0 radical (unpaired) electrons. The number of aromatic nitrogens is 10. The molecule has 3 aliphatic rings. The van der Waals surface area contributed by atoms with Gasteiger partial charge in [-0.3, -0.25) is 13.7 Å². The summed E-state index contributed by atoms with van der Waals surface area (Å²) in [6.07, 6.45) is 0. The SMILES string of the molecule is c1ccc(-c2cc(-c3ccccc3)nc(-n3c4cccc5c4c4c6c(cccc6c(-c6ccccc6)cc43)-c3ccccc3-5)n2)cc1.c1ccc(-c2cccc(-c3nc4ccccc4nc3-n3c4cccc5c4c4c6c(cccc6c(-c6ccccc6)cc43)-c3ccccc3-5)c2)cc1.c1ccc(-c2nc(-c3ccccc3)nc(-n3c4cccc5c4c4c6c(cccc6c(-c6ccccc6)cc43)-c3ccccc3-5)n2)cc1. The van der Waals surface area contributed by atoms with E-state index in [4.69, 9.17) is 34.9 Å². The minimum Gasteiger partial charge on any atom is -0.292 e. The number of para-hydroxylation sites is 2. The average molecular weight is 1840 g/mol. The predicted molar refractivity (Wildman–Crippen MR) is 599 cm³/mol. The van der Waals surface area contributed by atoms with E-state index in [1.54, 1.807) is 0 Å². The van der Waals surface area contributed by atoms with Gasteiger partial charge in [-0.25, -0.2) is 24.9 Å². The molecule has 672 valence electrons. The lowest BCUT2D eigenvalue weighted by Gasteiger charge is -2.17. The zero-order chi connectivity index (χ0) is 95.3. The van der Waals surface area contributed by atoms with Crippen LogP contribution in [0, 0.1) is 0 Å². The van der Waals surface area contributed by atoms with Crippen LogP contribution in [0.4, 0.5) is 0 Å². The van der Waals surface area contributed by atoms with Crippen LogP contribution < -0.4 is 0 Å². The molecule has 0 atom stereocenters. The summed E-state index contributed by atoms with van der Waals surface area (Å²) in [5.74, 6) is 3.36. The summed E-state index contributed by atoms with van der Waals surface area (Å²) in [7, 11) is 0. The van der Waals surface area contributed by atoms with Crippen LogP contribution in [0.15, 0.2) is 497 Å². The van der Waals surface area contributed by atoms with Gasteiger partial charge in [0.2, 0.25) is 11.9 Å². The Labute approximate surface area is 834 Å². The highest BCUT2D eigenvalue weighted by Gasteiger charge is 2.34. The van der Waals surface area contributed by atoms with Crippen molar-refractivity contribution in [2.24, 2.45) is 0 Å². The van der Waals surface area contributed by atoms with Crippen molar-refractivity contribution in [1.29, 1.82) is 0 Å². The van der Waals surface area contributed by atoms with Crippen LogP contribution in [-0.2, 0) is 0 Å². The number of hydrogen-bond donors (Lipinski definition) is 0. The molecule has 28 aromatic rings. The predicted octanol–water partition coefficient (Wildman–Crippen LogP) is 34.7. The van der Waals surface area contributed by atoms with Gasteiger partial charge < -0.3 is 0 Å². The molecule has 145 heavy (non-hydrogen) atoms. The van der Waals surface area contributed by atoms with E-state index in [1.807, 2.05) is 60.7 Å². The summed E-state index contributed by atoms with van der Waals surface area (Å²) in [6, 6.07) is 177. The van der Waals surface area contributed by atoms with Crippen LogP contribution in [0.25, 0.3) is 294 Å². The Bertz CT molecular complexity index is 9680. The van der Waals surface area contributed by atoms with Crippen LogP contribution in [-0.4, -0.2) is 48.6 Å². The summed E-state index contributed by atoms with van der Waals surface area (Å²) in [5.41, 5.74) is 40.3. The van der Waals surface area contributed by atoms with E-state index in [0.717, 1.165) is 100 Å². The van der Waals surface area contributed by atoms with E-state index in [0.29, 0.717) is 23.5 Å². The van der Waals surface area contributed by atoms with Gasteiger partial charge in [-0.2, -0.15) is 9.97 Å². The first kappa shape index (κ1) is 82.5. The van der Waals surface area contributed by atoms with E-state index in [1.165, 1.54) is 170 Å². The standard InChI is InChI=1S/C48H29N3.C44H27N3.C43H26N4/c1-3-14-30(15-4-1)32-18-11-19-33(28-32)47-48(50-41-26-10-9-25-40(41)49-47)51-42-27-13-24-37-35-21-8-7-20-34(35)36-22-12-23-38-39(31-16-5-2-6-17-31)29-43(51)46(44(36)38)45(37)42;1-4-14-28(15-5-1)36-26-40-43-41-33(22-12-23-35(36)41)31-20-10-11-21-32(31)34-24-13-25-39(42(34)43)47(40)44-45-37(29-16-6-2-7-17-29)27-38(46-44)30-18-8-3-9-19-30;1-4-14-27(15-5-1)35-26-37-40-38-32(22-12-23-34(35)38)30-20-10-11-21-31(30)33-24-13-25-36(39(33)40)47(37)43-45-41(28-16-6-2-7-17-28)44-42(46-43)29-18-8-3-9-19-29/h1-29H;1-27H;1-26H. The van der Waals surface area contributed by atoms with Gasteiger partial charge in [-0.15, -0.1) is 0 Å². The van der Waals surface area contributed by atoms with Gasteiger partial charge in [-0.1, -0.05) is 437 Å². The first-order chi connectivity index (χ1) is 72.0. The molecular formula is C135H82N10. The Kier molecular flexibility index (Phi) is 19.1. The van der Waals surface area contributed by atoms with Crippen molar-refractivity contribution >= 4 is 109 Å². The monoisotopic (exact) mass is 1840 g/mol. The molecule has 6 heterocycles. The molecule has 0 fully saturated rings. The third kappa shape index (κ3) is 13.3. The van der Waals surface area contributed by atoms with Gasteiger partial charge >= 0.3 is 0 Å². The number of hydrogen-bond acceptors (Lipinski definition) is 7. The Balaban J connectivity index is 0.000000103. The van der Waals surface area contributed by atoms with Crippen LogP contribution in [0.2, 0.25) is 0 Å². The minimum atomic E-state index is 0.597. The second-order valence-corrected chi connectivity index (χ2v) is 37.5. The van der Waals surface area contributed by atoms with Crippen molar-refractivity contribution in [3.63, 3.8) is 0 Å².